The summed E-state index contributed by atoms with van der Waals surface area (Å²) in [5.41, 5.74) is 4.95. The Balaban J connectivity index is 2.18. The second kappa shape index (κ2) is 1.74. The summed E-state index contributed by atoms with van der Waals surface area (Å²) in [5, 5.41) is 2.07. The van der Waals surface area contributed by atoms with Gasteiger partial charge in [0.15, 0.2) is 0 Å². The van der Waals surface area contributed by atoms with Crippen LogP contribution in [0, 0.1) is 0 Å². The molecule has 0 amide bonds. The van der Waals surface area contributed by atoms with Crippen LogP contribution in [0.4, 0.5) is 0 Å². The van der Waals surface area contributed by atoms with Crippen molar-refractivity contribution < 1.29 is 0 Å². The standard InChI is InChI=1S/C7H12N2/c1-9-5-6-3-2-4-7(6)8-9/h5,7-8H,2-4H2,1H3. The molecule has 1 N–H and O–H groups in total. The van der Waals surface area contributed by atoms with E-state index in [-0.39, 0.29) is 0 Å². The van der Waals surface area contributed by atoms with Crippen LogP contribution in [0.5, 0.6) is 0 Å². The van der Waals surface area contributed by atoms with Crippen LogP contribution >= 0.6 is 0 Å². The molecule has 1 fully saturated rings. The quantitative estimate of drug-likeness (QED) is 0.515. The third kappa shape index (κ3) is 0.741. The number of hydrogen-bond donors (Lipinski definition) is 1. The number of nitrogens with one attached hydrogen (secondary N) is 1. The highest BCUT2D eigenvalue weighted by molar-refractivity contribution is 5.18. The van der Waals surface area contributed by atoms with Crippen molar-refractivity contribution in [2.75, 3.05) is 7.05 Å². The van der Waals surface area contributed by atoms with E-state index in [9.17, 15) is 0 Å². The minimum atomic E-state index is 0.690. The first kappa shape index (κ1) is 5.30. The molecule has 9 heavy (non-hydrogen) atoms. The zero-order valence-corrected chi connectivity index (χ0v) is 5.72. The van der Waals surface area contributed by atoms with Gasteiger partial charge in [0, 0.05) is 19.3 Å². The fraction of sp³-hybridized carbons (Fsp3) is 0.714. The fourth-order valence-electron chi connectivity index (χ4n) is 1.70. The first-order valence-electron chi connectivity index (χ1n) is 3.56. The summed E-state index contributed by atoms with van der Waals surface area (Å²) in [6, 6.07) is 0.690. The lowest BCUT2D eigenvalue weighted by atomic mass is 10.2. The van der Waals surface area contributed by atoms with Crippen LogP contribution < -0.4 is 5.43 Å². The van der Waals surface area contributed by atoms with E-state index >= 15 is 0 Å². The van der Waals surface area contributed by atoms with Crippen LogP contribution in [0.25, 0.3) is 0 Å². The average Bonchev–Trinajstić information content (AvgIpc) is 2.22. The molecule has 1 heterocycles. The Morgan fingerprint density at radius 3 is 3.44 bits per heavy atom. The van der Waals surface area contributed by atoms with E-state index in [2.05, 4.69) is 23.7 Å². The molecule has 2 aliphatic rings. The van der Waals surface area contributed by atoms with E-state index in [0.29, 0.717) is 6.04 Å². The molecule has 0 saturated heterocycles. The molecule has 1 unspecified atom stereocenters. The van der Waals surface area contributed by atoms with Gasteiger partial charge in [0.2, 0.25) is 0 Å². The highest BCUT2D eigenvalue weighted by Gasteiger charge is 2.25. The van der Waals surface area contributed by atoms with Gasteiger partial charge in [-0.25, -0.2) is 5.43 Å². The van der Waals surface area contributed by atoms with Crippen molar-refractivity contribution in [2.24, 2.45) is 0 Å². The van der Waals surface area contributed by atoms with E-state index in [1.54, 1.807) is 5.57 Å². The van der Waals surface area contributed by atoms with Crippen molar-refractivity contribution in [3.63, 3.8) is 0 Å². The normalized spacial score (nSPS) is 32.8. The molecule has 0 aromatic carbocycles. The summed E-state index contributed by atoms with van der Waals surface area (Å²) in [6.45, 7) is 0. The molecule has 0 aromatic rings. The predicted octanol–water partition coefficient (Wildman–Crippen LogP) is 0.873. The third-order valence-corrected chi connectivity index (χ3v) is 2.12. The molecule has 2 rings (SSSR count). The molecule has 1 atom stereocenters. The minimum Gasteiger partial charge on any atom is -0.318 e. The van der Waals surface area contributed by atoms with Crippen molar-refractivity contribution in [1.82, 2.24) is 10.4 Å². The molecule has 0 spiro atoms. The average molecular weight is 124 g/mol. The van der Waals surface area contributed by atoms with E-state index in [1.165, 1.54) is 19.3 Å². The van der Waals surface area contributed by atoms with Crippen LogP contribution in [0.1, 0.15) is 19.3 Å². The van der Waals surface area contributed by atoms with Crippen LogP contribution in [-0.4, -0.2) is 18.1 Å². The number of nitrogens with zero attached hydrogens (tertiary/aromatic N) is 1. The van der Waals surface area contributed by atoms with Gasteiger partial charge in [-0.15, -0.1) is 0 Å². The third-order valence-electron chi connectivity index (χ3n) is 2.12. The van der Waals surface area contributed by atoms with Crippen molar-refractivity contribution in [2.45, 2.75) is 25.3 Å². The lowest BCUT2D eigenvalue weighted by molar-refractivity contribution is 0.326. The van der Waals surface area contributed by atoms with Crippen LogP contribution in [0.2, 0.25) is 0 Å². The Hall–Kier alpha value is -0.500. The van der Waals surface area contributed by atoms with Crippen molar-refractivity contribution in [1.29, 1.82) is 0 Å². The second-order valence-corrected chi connectivity index (χ2v) is 2.89. The zero-order valence-electron chi connectivity index (χ0n) is 5.72. The summed E-state index contributed by atoms with van der Waals surface area (Å²) in [6.07, 6.45) is 6.23. The molecular weight excluding hydrogens is 112 g/mol. The van der Waals surface area contributed by atoms with E-state index in [4.69, 9.17) is 0 Å². The van der Waals surface area contributed by atoms with Crippen LogP contribution in [-0.2, 0) is 0 Å². The number of hydrazine groups is 1. The van der Waals surface area contributed by atoms with Crippen molar-refractivity contribution in [3.8, 4) is 0 Å². The molecule has 0 bridgehead atoms. The van der Waals surface area contributed by atoms with Gasteiger partial charge in [-0.2, -0.15) is 0 Å². The van der Waals surface area contributed by atoms with Gasteiger partial charge < -0.3 is 5.01 Å². The molecule has 1 saturated carbocycles. The second-order valence-electron chi connectivity index (χ2n) is 2.89. The van der Waals surface area contributed by atoms with E-state index in [1.807, 2.05) is 0 Å². The van der Waals surface area contributed by atoms with Gasteiger partial charge in [-0.05, 0) is 24.8 Å². The highest BCUT2D eigenvalue weighted by atomic mass is 15.5. The van der Waals surface area contributed by atoms with Gasteiger partial charge in [0.1, 0.15) is 0 Å². The number of fused-ring (bicyclic) bond motifs is 1. The summed E-state index contributed by atoms with van der Waals surface area (Å²) in [7, 11) is 2.06. The molecular formula is C7H12N2. The Morgan fingerprint density at radius 1 is 1.78 bits per heavy atom. The smallest absolute Gasteiger partial charge is 0.0489 e. The Labute approximate surface area is 55.5 Å². The maximum absolute atomic E-state index is 3.36. The lowest BCUT2D eigenvalue weighted by Crippen LogP contribution is -2.31. The van der Waals surface area contributed by atoms with Gasteiger partial charge in [-0.1, -0.05) is 0 Å². The van der Waals surface area contributed by atoms with Crippen LogP contribution in [0.3, 0.4) is 0 Å². The maximum atomic E-state index is 3.36. The highest BCUT2D eigenvalue weighted by Crippen LogP contribution is 2.28. The Kier molecular flexibility index (Phi) is 1.02. The van der Waals surface area contributed by atoms with Crippen molar-refractivity contribution in [3.05, 3.63) is 11.8 Å². The molecule has 0 radical (unpaired) electrons. The van der Waals surface area contributed by atoms with Gasteiger partial charge in [0.25, 0.3) is 0 Å². The monoisotopic (exact) mass is 124 g/mol. The molecule has 0 aromatic heterocycles. The summed E-state index contributed by atoms with van der Waals surface area (Å²) in [4.78, 5) is 0. The topological polar surface area (TPSA) is 15.3 Å². The molecule has 2 heteroatoms. The Morgan fingerprint density at radius 2 is 2.67 bits per heavy atom. The summed E-state index contributed by atoms with van der Waals surface area (Å²) in [5.74, 6) is 0. The Bertz CT molecular complexity index is 151. The molecule has 1 aliphatic carbocycles. The first-order chi connectivity index (χ1) is 4.36. The minimum absolute atomic E-state index is 0.690. The largest absolute Gasteiger partial charge is 0.318 e. The van der Waals surface area contributed by atoms with Gasteiger partial charge in [-0.3, -0.25) is 0 Å². The molecule has 1 aliphatic heterocycles. The van der Waals surface area contributed by atoms with E-state index in [0.717, 1.165) is 0 Å². The lowest BCUT2D eigenvalue weighted by Gasteiger charge is -2.11. The maximum Gasteiger partial charge on any atom is 0.0489 e. The van der Waals surface area contributed by atoms with Crippen LogP contribution in [0.15, 0.2) is 11.8 Å². The summed E-state index contributed by atoms with van der Waals surface area (Å²) < 4.78 is 0. The zero-order chi connectivity index (χ0) is 6.27. The van der Waals surface area contributed by atoms with Gasteiger partial charge >= 0.3 is 0 Å². The molecule has 2 nitrogen and oxygen atoms in total. The number of hydrogen-bond acceptors (Lipinski definition) is 2. The SMILES string of the molecule is CN1C=C2CCCC2N1. The molecule has 50 valence electrons. The van der Waals surface area contributed by atoms with Crippen molar-refractivity contribution >= 4 is 0 Å². The summed E-state index contributed by atoms with van der Waals surface area (Å²) >= 11 is 0. The van der Waals surface area contributed by atoms with E-state index < -0.39 is 0 Å². The predicted molar refractivity (Wildman–Crippen MR) is 36.6 cm³/mol. The number of rotatable bonds is 0. The first-order valence-corrected chi connectivity index (χ1v) is 3.56. The van der Waals surface area contributed by atoms with Gasteiger partial charge in [0.05, 0.1) is 0 Å². The fourth-order valence-corrected chi connectivity index (χ4v) is 1.70.